The second-order valence-electron chi connectivity index (χ2n) is 3.15. The summed E-state index contributed by atoms with van der Waals surface area (Å²) >= 11 is 10.1. The maximum absolute atomic E-state index is 5.17. The number of nitrogens with one attached hydrogen (secondary N) is 2. The third kappa shape index (κ3) is 11.0. The van der Waals surface area contributed by atoms with E-state index >= 15 is 0 Å². The SMILES string of the molecule is CCC(=S)CCCSSCCNC(=S)NC. The van der Waals surface area contributed by atoms with E-state index in [1.165, 1.54) is 17.0 Å². The van der Waals surface area contributed by atoms with Crippen LogP contribution < -0.4 is 10.6 Å². The van der Waals surface area contributed by atoms with Crippen LogP contribution in [0.25, 0.3) is 0 Å². The van der Waals surface area contributed by atoms with Crippen LogP contribution in [-0.4, -0.2) is 35.1 Å². The fourth-order valence-electron chi connectivity index (χ4n) is 0.918. The molecule has 0 aliphatic carbocycles. The van der Waals surface area contributed by atoms with Crippen LogP contribution in [0.3, 0.4) is 0 Å². The molecular formula is C10H20N2S4. The van der Waals surface area contributed by atoms with Gasteiger partial charge in [0.1, 0.15) is 0 Å². The number of hydrogen-bond acceptors (Lipinski definition) is 4. The molecule has 0 aliphatic rings. The minimum Gasteiger partial charge on any atom is -0.366 e. The van der Waals surface area contributed by atoms with Crippen molar-refractivity contribution < 1.29 is 0 Å². The number of thiocarbonyl (C=S) groups is 2. The van der Waals surface area contributed by atoms with Crippen LogP contribution in [0.5, 0.6) is 0 Å². The average Bonchev–Trinajstić information content (AvgIpc) is 2.31. The van der Waals surface area contributed by atoms with E-state index in [1.807, 2.05) is 28.6 Å². The van der Waals surface area contributed by atoms with Gasteiger partial charge in [-0.1, -0.05) is 40.7 Å². The zero-order valence-corrected chi connectivity index (χ0v) is 13.1. The zero-order valence-electron chi connectivity index (χ0n) is 9.88. The van der Waals surface area contributed by atoms with Crippen molar-refractivity contribution in [2.24, 2.45) is 0 Å². The van der Waals surface area contributed by atoms with Gasteiger partial charge < -0.3 is 10.6 Å². The molecule has 0 rings (SSSR count). The second kappa shape index (κ2) is 12.0. The van der Waals surface area contributed by atoms with E-state index in [-0.39, 0.29) is 0 Å². The predicted octanol–water partition coefficient (Wildman–Crippen LogP) is 3.02. The van der Waals surface area contributed by atoms with Gasteiger partial charge >= 0.3 is 0 Å². The lowest BCUT2D eigenvalue weighted by Gasteiger charge is -2.06. The largest absolute Gasteiger partial charge is 0.366 e. The second-order valence-corrected chi connectivity index (χ2v) is 6.83. The molecule has 0 heterocycles. The highest BCUT2D eigenvalue weighted by Gasteiger charge is 1.95. The lowest BCUT2D eigenvalue weighted by atomic mass is 10.2. The van der Waals surface area contributed by atoms with Crippen molar-refractivity contribution in [3.8, 4) is 0 Å². The number of hydrogen-bond donors (Lipinski definition) is 2. The smallest absolute Gasteiger partial charge is 0.166 e. The van der Waals surface area contributed by atoms with Gasteiger partial charge in [0.15, 0.2) is 5.11 Å². The van der Waals surface area contributed by atoms with Crippen LogP contribution in [-0.2, 0) is 0 Å². The number of rotatable bonds is 9. The summed E-state index contributed by atoms with van der Waals surface area (Å²) in [5, 5.41) is 6.72. The van der Waals surface area contributed by atoms with Crippen molar-refractivity contribution in [2.45, 2.75) is 26.2 Å². The van der Waals surface area contributed by atoms with Gasteiger partial charge in [-0.05, 0) is 36.3 Å². The Hall–Kier alpha value is 0.480. The first-order chi connectivity index (χ1) is 7.70. The summed E-state index contributed by atoms with van der Waals surface area (Å²) < 4.78 is 0. The summed E-state index contributed by atoms with van der Waals surface area (Å²) in [4.78, 5) is 1.20. The van der Waals surface area contributed by atoms with Crippen LogP contribution in [0.15, 0.2) is 0 Å². The van der Waals surface area contributed by atoms with E-state index in [9.17, 15) is 0 Å². The molecule has 0 bridgehead atoms. The van der Waals surface area contributed by atoms with E-state index in [2.05, 4.69) is 17.6 Å². The highest BCUT2D eigenvalue weighted by molar-refractivity contribution is 8.76. The molecule has 6 heteroatoms. The van der Waals surface area contributed by atoms with Crippen molar-refractivity contribution >= 4 is 56.0 Å². The van der Waals surface area contributed by atoms with Crippen molar-refractivity contribution in [3.05, 3.63) is 0 Å². The first kappa shape index (κ1) is 16.5. The molecule has 0 aliphatic heterocycles. The topological polar surface area (TPSA) is 24.1 Å². The van der Waals surface area contributed by atoms with Gasteiger partial charge in [-0.25, -0.2) is 0 Å². The molecule has 0 unspecified atom stereocenters. The standard InChI is InChI=1S/C10H20N2S4/c1-3-9(13)5-4-7-15-16-8-6-12-10(14)11-2/h3-8H2,1-2H3,(H2,11,12,14). The van der Waals surface area contributed by atoms with E-state index in [4.69, 9.17) is 24.4 Å². The van der Waals surface area contributed by atoms with Gasteiger partial charge in [-0.3, -0.25) is 0 Å². The lowest BCUT2D eigenvalue weighted by Crippen LogP contribution is -2.33. The van der Waals surface area contributed by atoms with E-state index < -0.39 is 0 Å². The molecule has 16 heavy (non-hydrogen) atoms. The Labute approximate surface area is 117 Å². The van der Waals surface area contributed by atoms with Crippen molar-refractivity contribution in [3.63, 3.8) is 0 Å². The molecule has 0 aromatic carbocycles. The Balaban J connectivity index is 3.10. The maximum Gasteiger partial charge on any atom is 0.166 e. The van der Waals surface area contributed by atoms with Gasteiger partial charge in [0.2, 0.25) is 0 Å². The van der Waals surface area contributed by atoms with Gasteiger partial charge in [0, 0.05) is 25.1 Å². The summed E-state index contributed by atoms with van der Waals surface area (Å²) in [6, 6.07) is 0. The van der Waals surface area contributed by atoms with Gasteiger partial charge in [-0.2, -0.15) is 0 Å². The summed E-state index contributed by atoms with van der Waals surface area (Å²) in [5.74, 6) is 2.26. The van der Waals surface area contributed by atoms with Crippen LogP contribution in [0.1, 0.15) is 26.2 Å². The van der Waals surface area contributed by atoms with Crippen molar-refractivity contribution in [2.75, 3.05) is 25.1 Å². The molecule has 0 aromatic heterocycles. The van der Waals surface area contributed by atoms with Crippen LogP contribution in [0.2, 0.25) is 0 Å². The molecule has 94 valence electrons. The van der Waals surface area contributed by atoms with Crippen molar-refractivity contribution in [1.82, 2.24) is 10.6 Å². The van der Waals surface area contributed by atoms with Crippen LogP contribution >= 0.6 is 46.0 Å². The molecule has 0 saturated heterocycles. The predicted molar refractivity (Wildman–Crippen MR) is 86.7 cm³/mol. The Morgan fingerprint density at radius 3 is 2.50 bits per heavy atom. The first-order valence-electron chi connectivity index (χ1n) is 5.42. The Morgan fingerprint density at radius 2 is 1.88 bits per heavy atom. The van der Waals surface area contributed by atoms with E-state index in [0.29, 0.717) is 0 Å². The monoisotopic (exact) mass is 296 g/mol. The molecule has 2 nitrogen and oxygen atoms in total. The summed E-state index contributed by atoms with van der Waals surface area (Å²) in [6.45, 7) is 3.05. The van der Waals surface area contributed by atoms with Gasteiger partial charge in [0.25, 0.3) is 0 Å². The minimum atomic E-state index is 0.721. The Kier molecular flexibility index (Phi) is 12.3. The van der Waals surface area contributed by atoms with Crippen molar-refractivity contribution in [1.29, 1.82) is 0 Å². The highest BCUT2D eigenvalue weighted by atomic mass is 33.1. The normalized spacial score (nSPS) is 9.88. The average molecular weight is 297 g/mol. The summed E-state index contributed by atoms with van der Waals surface area (Å²) in [7, 11) is 5.63. The summed E-state index contributed by atoms with van der Waals surface area (Å²) in [6.07, 6.45) is 3.34. The van der Waals surface area contributed by atoms with Crippen LogP contribution in [0, 0.1) is 0 Å². The lowest BCUT2D eigenvalue weighted by molar-refractivity contribution is 0.945. The molecule has 0 spiro atoms. The third-order valence-electron chi connectivity index (χ3n) is 1.86. The first-order valence-corrected chi connectivity index (χ1v) is 8.72. The van der Waals surface area contributed by atoms with Gasteiger partial charge in [-0.15, -0.1) is 0 Å². The zero-order chi connectivity index (χ0) is 12.2. The molecule has 2 N–H and O–H groups in total. The molecule has 0 aromatic rings. The van der Waals surface area contributed by atoms with Crippen LogP contribution in [0.4, 0.5) is 0 Å². The molecule has 0 saturated carbocycles. The minimum absolute atomic E-state index is 0.721. The van der Waals surface area contributed by atoms with E-state index in [1.54, 1.807) is 0 Å². The molecule has 0 atom stereocenters. The Bertz CT molecular complexity index is 187. The highest BCUT2D eigenvalue weighted by Crippen LogP contribution is 2.21. The van der Waals surface area contributed by atoms with E-state index in [0.717, 1.165) is 30.3 Å². The fraction of sp³-hybridized carbons (Fsp3) is 0.800. The Morgan fingerprint density at radius 1 is 1.19 bits per heavy atom. The molecular weight excluding hydrogens is 276 g/mol. The quantitative estimate of drug-likeness (QED) is 0.385. The van der Waals surface area contributed by atoms with Gasteiger partial charge in [0.05, 0.1) is 0 Å². The molecule has 0 amide bonds. The molecule has 0 radical (unpaired) electrons. The fourth-order valence-corrected chi connectivity index (χ4v) is 3.16. The third-order valence-corrected chi connectivity index (χ3v) is 5.19. The molecule has 0 fully saturated rings. The summed E-state index contributed by atoms with van der Waals surface area (Å²) in [5.41, 5.74) is 0. The maximum atomic E-state index is 5.17.